The maximum absolute atomic E-state index is 13.3. The molecular formula is C30H24O7. The Bertz CT molecular complexity index is 1460. The van der Waals surface area contributed by atoms with Crippen molar-refractivity contribution in [2.24, 2.45) is 0 Å². The number of para-hydroxylation sites is 1. The number of benzene rings is 3. The molecule has 3 aromatic rings. The van der Waals surface area contributed by atoms with Crippen LogP contribution >= 0.6 is 0 Å². The molecule has 37 heavy (non-hydrogen) atoms. The van der Waals surface area contributed by atoms with Gasteiger partial charge in [0.1, 0.15) is 23.9 Å². The van der Waals surface area contributed by atoms with Gasteiger partial charge >= 0.3 is 11.9 Å². The SMILES string of the molecule is C=C(C)COc1ccccc1C1CC(=O)Oc2ccc3c(c21)O/C(=C\c1ccc(C(=O)OC)cc1)C3=O. The molecule has 0 saturated carbocycles. The fraction of sp³-hybridized carbons (Fsp3) is 0.167. The number of hydrogen-bond donors (Lipinski definition) is 0. The van der Waals surface area contributed by atoms with Crippen molar-refractivity contribution in [1.82, 2.24) is 0 Å². The van der Waals surface area contributed by atoms with Crippen LogP contribution in [0.5, 0.6) is 17.2 Å². The second kappa shape index (κ2) is 9.78. The molecule has 5 rings (SSSR count). The van der Waals surface area contributed by atoms with Crippen molar-refractivity contribution >= 4 is 23.8 Å². The molecule has 0 aliphatic carbocycles. The Hall–Kier alpha value is -4.65. The first kappa shape index (κ1) is 24.1. The van der Waals surface area contributed by atoms with Gasteiger partial charge in [-0.15, -0.1) is 0 Å². The Labute approximate surface area is 213 Å². The van der Waals surface area contributed by atoms with Gasteiger partial charge in [0, 0.05) is 17.0 Å². The molecule has 1 unspecified atom stereocenters. The normalized spacial score (nSPS) is 16.9. The number of fused-ring (bicyclic) bond motifs is 3. The summed E-state index contributed by atoms with van der Waals surface area (Å²) >= 11 is 0. The summed E-state index contributed by atoms with van der Waals surface area (Å²) in [5.41, 5.74) is 3.75. The highest BCUT2D eigenvalue weighted by molar-refractivity contribution is 6.15. The van der Waals surface area contributed by atoms with Crippen LogP contribution in [0.4, 0.5) is 0 Å². The van der Waals surface area contributed by atoms with Crippen molar-refractivity contribution in [3.8, 4) is 17.2 Å². The minimum absolute atomic E-state index is 0.0719. The third kappa shape index (κ3) is 4.63. The summed E-state index contributed by atoms with van der Waals surface area (Å²) in [6.45, 7) is 6.10. The quantitative estimate of drug-likeness (QED) is 0.193. The lowest BCUT2D eigenvalue weighted by atomic mass is 9.84. The maximum Gasteiger partial charge on any atom is 0.337 e. The maximum atomic E-state index is 13.3. The van der Waals surface area contributed by atoms with Crippen molar-refractivity contribution < 1.29 is 33.3 Å². The number of rotatable bonds is 6. The van der Waals surface area contributed by atoms with Crippen LogP contribution in [0.2, 0.25) is 0 Å². The molecule has 7 heteroatoms. The molecule has 0 bridgehead atoms. The molecule has 3 aromatic carbocycles. The zero-order valence-electron chi connectivity index (χ0n) is 20.4. The lowest BCUT2D eigenvalue weighted by Crippen LogP contribution is -2.22. The lowest BCUT2D eigenvalue weighted by Gasteiger charge is -2.27. The Morgan fingerprint density at radius 2 is 1.81 bits per heavy atom. The van der Waals surface area contributed by atoms with E-state index < -0.39 is 11.9 Å². The monoisotopic (exact) mass is 496 g/mol. The molecule has 2 heterocycles. The van der Waals surface area contributed by atoms with Crippen molar-refractivity contribution in [1.29, 1.82) is 0 Å². The topological polar surface area (TPSA) is 88.1 Å². The van der Waals surface area contributed by atoms with E-state index >= 15 is 0 Å². The third-order valence-corrected chi connectivity index (χ3v) is 6.18. The van der Waals surface area contributed by atoms with E-state index in [9.17, 15) is 14.4 Å². The molecule has 2 aliphatic rings. The van der Waals surface area contributed by atoms with E-state index in [0.29, 0.717) is 46.1 Å². The van der Waals surface area contributed by atoms with Crippen LogP contribution in [0.3, 0.4) is 0 Å². The summed E-state index contributed by atoms with van der Waals surface area (Å²) in [5, 5.41) is 0. The highest BCUT2D eigenvalue weighted by Crippen LogP contribution is 2.50. The van der Waals surface area contributed by atoms with E-state index in [4.69, 9.17) is 18.9 Å². The smallest absolute Gasteiger partial charge is 0.337 e. The van der Waals surface area contributed by atoms with Crippen LogP contribution in [0, 0.1) is 0 Å². The van der Waals surface area contributed by atoms with Crippen LogP contribution in [0.25, 0.3) is 6.08 Å². The zero-order valence-corrected chi connectivity index (χ0v) is 20.4. The fourth-order valence-corrected chi connectivity index (χ4v) is 4.46. The van der Waals surface area contributed by atoms with Crippen molar-refractivity contribution in [2.75, 3.05) is 13.7 Å². The predicted molar refractivity (Wildman–Crippen MR) is 136 cm³/mol. The number of esters is 2. The number of methoxy groups -OCH3 is 1. The van der Waals surface area contributed by atoms with E-state index in [-0.39, 0.29) is 23.9 Å². The van der Waals surface area contributed by atoms with Crippen LogP contribution < -0.4 is 14.2 Å². The molecule has 0 radical (unpaired) electrons. The Morgan fingerprint density at radius 3 is 2.54 bits per heavy atom. The molecule has 7 nitrogen and oxygen atoms in total. The molecule has 186 valence electrons. The highest BCUT2D eigenvalue weighted by Gasteiger charge is 2.39. The zero-order chi connectivity index (χ0) is 26.1. The van der Waals surface area contributed by atoms with Gasteiger partial charge < -0.3 is 18.9 Å². The number of Topliss-reactive ketones (excluding diaryl/α,β-unsaturated/α-hetero) is 1. The molecule has 0 fully saturated rings. The van der Waals surface area contributed by atoms with Crippen LogP contribution in [-0.2, 0) is 9.53 Å². The summed E-state index contributed by atoms with van der Waals surface area (Å²) in [6, 6.07) is 17.4. The van der Waals surface area contributed by atoms with Crippen LogP contribution in [0.1, 0.15) is 56.7 Å². The van der Waals surface area contributed by atoms with Gasteiger partial charge in [-0.1, -0.05) is 36.9 Å². The van der Waals surface area contributed by atoms with Gasteiger partial charge in [0.05, 0.1) is 24.7 Å². The summed E-state index contributed by atoms with van der Waals surface area (Å²) < 4.78 is 22.4. The van der Waals surface area contributed by atoms with Gasteiger partial charge in [-0.05, 0) is 54.5 Å². The van der Waals surface area contributed by atoms with E-state index in [0.717, 1.165) is 11.1 Å². The predicted octanol–water partition coefficient (Wildman–Crippen LogP) is 5.49. The van der Waals surface area contributed by atoms with Gasteiger partial charge in [-0.3, -0.25) is 9.59 Å². The van der Waals surface area contributed by atoms with Crippen LogP contribution in [-0.4, -0.2) is 31.4 Å². The first-order valence-corrected chi connectivity index (χ1v) is 11.7. The molecule has 2 aliphatic heterocycles. The Balaban J connectivity index is 1.54. The average Bonchev–Trinajstić information content (AvgIpc) is 3.21. The third-order valence-electron chi connectivity index (χ3n) is 6.18. The second-order valence-electron chi connectivity index (χ2n) is 8.92. The Kier molecular flexibility index (Phi) is 6.36. The number of carbonyl (C=O) groups is 3. The lowest BCUT2D eigenvalue weighted by molar-refractivity contribution is -0.135. The van der Waals surface area contributed by atoms with Crippen molar-refractivity contribution in [3.63, 3.8) is 0 Å². The standard InChI is InChI=1S/C30H24O7/c1-17(2)16-35-23-7-5-4-6-20(23)22-15-26(31)36-24-13-12-21-28(32)25(37-29(21)27(22)24)14-18-8-10-19(11-9-18)30(33)34-3/h4-14,22H,1,15-16H2,2-3H3/b25-14-. The molecule has 0 N–H and O–H groups in total. The average molecular weight is 497 g/mol. The summed E-state index contributed by atoms with van der Waals surface area (Å²) in [6.07, 6.45) is 1.69. The number of ketones is 1. The molecule has 1 atom stereocenters. The number of carbonyl (C=O) groups excluding carboxylic acids is 3. The van der Waals surface area contributed by atoms with E-state index in [1.54, 1.807) is 42.5 Å². The molecule has 0 amide bonds. The van der Waals surface area contributed by atoms with E-state index in [1.165, 1.54) is 7.11 Å². The number of allylic oxidation sites excluding steroid dienone is 1. The van der Waals surface area contributed by atoms with Gasteiger partial charge in [-0.25, -0.2) is 4.79 Å². The minimum atomic E-state index is -0.445. The first-order valence-electron chi connectivity index (χ1n) is 11.7. The molecule has 0 saturated heterocycles. The molecule has 0 spiro atoms. The van der Waals surface area contributed by atoms with E-state index in [2.05, 4.69) is 6.58 Å². The molecular weight excluding hydrogens is 472 g/mol. The first-order chi connectivity index (χ1) is 17.9. The number of ether oxygens (including phenoxy) is 4. The van der Waals surface area contributed by atoms with Crippen molar-refractivity contribution in [3.05, 3.63) is 106 Å². The number of hydrogen-bond acceptors (Lipinski definition) is 7. The largest absolute Gasteiger partial charge is 0.489 e. The summed E-state index contributed by atoms with van der Waals surface area (Å²) in [4.78, 5) is 37.5. The Morgan fingerprint density at radius 1 is 1.05 bits per heavy atom. The fourth-order valence-electron chi connectivity index (χ4n) is 4.46. The summed E-state index contributed by atoms with van der Waals surface area (Å²) in [7, 11) is 1.32. The molecule has 0 aromatic heterocycles. The second-order valence-corrected chi connectivity index (χ2v) is 8.92. The van der Waals surface area contributed by atoms with Gasteiger partial charge in [0.15, 0.2) is 5.76 Å². The minimum Gasteiger partial charge on any atom is -0.489 e. The van der Waals surface area contributed by atoms with Gasteiger partial charge in [0.2, 0.25) is 5.78 Å². The van der Waals surface area contributed by atoms with Gasteiger partial charge in [-0.2, -0.15) is 0 Å². The summed E-state index contributed by atoms with van der Waals surface area (Å²) in [5.74, 6) is -0.0525. The van der Waals surface area contributed by atoms with Crippen LogP contribution in [0.15, 0.2) is 78.6 Å². The highest BCUT2D eigenvalue weighted by atomic mass is 16.5. The van der Waals surface area contributed by atoms with E-state index in [1.807, 2.05) is 31.2 Å². The van der Waals surface area contributed by atoms with Gasteiger partial charge in [0.25, 0.3) is 0 Å². The van der Waals surface area contributed by atoms with Crippen molar-refractivity contribution in [2.45, 2.75) is 19.3 Å².